The molecular formula is C29H29N9O3. The zero-order valence-electron chi connectivity index (χ0n) is 23.6. The van der Waals surface area contributed by atoms with E-state index in [1.807, 2.05) is 26.0 Å². The number of carbonyl (C=O) groups excluding carboxylic acids is 1. The lowest BCUT2D eigenvalue weighted by Gasteiger charge is -2.26. The van der Waals surface area contributed by atoms with Gasteiger partial charge in [-0.05, 0) is 90.1 Å². The zero-order chi connectivity index (χ0) is 29.5. The number of hydrogen-bond acceptors (Lipinski definition) is 9. The summed E-state index contributed by atoms with van der Waals surface area (Å²) in [6, 6.07) is 16.1. The summed E-state index contributed by atoms with van der Waals surface area (Å²) in [5, 5.41) is 32.4. The first kappa shape index (κ1) is 27.4. The molecule has 0 aliphatic carbocycles. The number of ether oxygens (including phenoxy) is 1. The topological polar surface area (TPSA) is 148 Å². The van der Waals surface area contributed by atoms with E-state index in [0.717, 1.165) is 11.2 Å². The maximum Gasteiger partial charge on any atom is 0.420 e. The second-order valence-corrected chi connectivity index (χ2v) is 10.6. The van der Waals surface area contributed by atoms with E-state index in [1.54, 1.807) is 85.7 Å². The highest BCUT2D eigenvalue weighted by atomic mass is 16.6. The maximum absolute atomic E-state index is 13.3. The number of pyridine rings is 1. The Labute approximate surface area is 236 Å². The van der Waals surface area contributed by atoms with Crippen LogP contribution in [0.15, 0.2) is 54.9 Å². The molecule has 0 spiro atoms. The smallest absolute Gasteiger partial charge is 0.420 e. The second-order valence-electron chi connectivity index (χ2n) is 10.6. The van der Waals surface area contributed by atoms with E-state index in [4.69, 9.17) is 9.72 Å². The number of hydrogen-bond donors (Lipinski definition) is 1. The van der Waals surface area contributed by atoms with Gasteiger partial charge in [0.2, 0.25) is 0 Å². The van der Waals surface area contributed by atoms with Crippen molar-refractivity contribution < 1.29 is 14.6 Å². The third kappa shape index (κ3) is 5.48. The molecule has 12 nitrogen and oxygen atoms in total. The third-order valence-electron chi connectivity index (χ3n) is 6.17. The van der Waals surface area contributed by atoms with Crippen LogP contribution in [-0.2, 0) is 4.74 Å². The predicted molar refractivity (Wildman–Crippen MR) is 151 cm³/mol. The van der Waals surface area contributed by atoms with Crippen molar-refractivity contribution in [1.29, 1.82) is 5.26 Å². The predicted octanol–water partition coefficient (Wildman–Crippen LogP) is 5.01. The molecule has 5 aromatic rings. The molecular weight excluding hydrogens is 522 g/mol. The Morgan fingerprint density at radius 2 is 1.88 bits per heavy atom. The van der Waals surface area contributed by atoms with Crippen LogP contribution in [0.2, 0.25) is 0 Å². The SMILES string of the molecule is Cc1ccc(N(C(=O)OC(C)(C)C)c2ccc3c(c2)ncn3-c2ccc([C@H](C)O)c(-n3nc(C#N)cc3C)n2)nn1. The molecule has 1 atom stereocenters. The molecule has 208 valence electrons. The van der Waals surface area contributed by atoms with Crippen molar-refractivity contribution in [2.75, 3.05) is 4.90 Å². The summed E-state index contributed by atoms with van der Waals surface area (Å²) in [6.07, 6.45) is 0.218. The molecule has 0 unspecified atom stereocenters. The molecule has 1 N–H and O–H groups in total. The van der Waals surface area contributed by atoms with Crippen molar-refractivity contribution in [3.05, 3.63) is 77.5 Å². The van der Waals surface area contributed by atoms with E-state index in [0.29, 0.717) is 39.9 Å². The molecule has 4 heterocycles. The highest BCUT2D eigenvalue weighted by Crippen LogP contribution is 2.30. The molecule has 0 aliphatic heterocycles. The molecule has 0 saturated carbocycles. The van der Waals surface area contributed by atoms with Crippen LogP contribution in [-0.4, -0.2) is 51.3 Å². The Bertz CT molecular complexity index is 1790. The number of nitriles is 1. The molecule has 1 amide bonds. The molecule has 0 saturated heterocycles. The fraction of sp³-hybridized carbons (Fsp3) is 0.276. The molecule has 4 aromatic heterocycles. The minimum absolute atomic E-state index is 0.250. The summed E-state index contributed by atoms with van der Waals surface area (Å²) < 4.78 is 9.00. The van der Waals surface area contributed by atoms with Gasteiger partial charge in [0, 0.05) is 11.3 Å². The first-order valence-electron chi connectivity index (χ1n) is 12.9. The fourth-order valence-corrected chi connectivity index (χ4v) is 4.30. The molecule has 1 aromatic carbocycles. The van der Waals surface area contributed by atoms with E-state index in [1.165, 1.54) is 4.90 Å². The van der Waals surface area contributed by atoms with Crippen molar-refractivity contribution in [1.82, 2.24) is 34.5 Å². The van der Waals surface area contributed by atoms with Crippen molar-refractivity contribution in [3.8, 4) is 17.7 Å². The maximum atomic E-state index is 13.3. The summed E-state index contributed by atoms with van der Waals surface area (Å²) in [6.45, 7) is 10.7. The van der Waals surface area contributed by atoms with Crippen LogP contribution in [0.5, 0.6) is 0 Å². The standard InChI is InChI=1S/C29H29N9O3/c1-17-7-11-26(34-33-17)37(28(40)41-29(4,5)6)21-8-10-24-23(14-21)31-16-36(24)25-12-9-22(19(3)39)27(32-25)38-18(2)13-20(15-30)35-38/h7-14,16,19,39H,1-6H3/t19-/m0/s1. The van der Waals surface area contributed by atoms with Gasteiger partial charge >= 0.3 is 6.09 Å². The van der Waals surface area contributed by atoms with Crippen LogP contribution in [0.3, 0.4) is 0 Å². The average molecular weight is 552 g/mol. The minimum Gasteiger partial charge on any atom is -0.443 e. The summed E-state index contributed by atoms with van der Waals surface area (Å²) in [5.74, 6) is 1.25. The van der Waals surface area contributed by atoms with Gasteiger partial charge in [0.1, 0.15) is 23.8 Å². The highest BCUT2D eigenvalue weighted by molar-refractivity contribution is 5.97. The minimum atomic E-state index is -0.813. The first-order valence-corrected chi connectivity index (χ1v) is 12.9. The van der Waals surface area contributed by atoms with E-state index in [2.05, 4.69) is 20.3 Å². The van der Waals surface area contributed by atoms with Gasteiger partial charge in [-0.2, -0.15) is 15.5 Å². The second kappa shape index (κ2) is 10.4. The van der Waals surface area contributed by atoms with Gasteiger partial charge < -0.3 is 9.84 Å². The normalized spacial score (nSPS) is 12.2. The number of carbonyl (C=O) groups is 1. The van der Waals surface area contributed by atoms with Gasteiger partial charge in [-0.3, -0.25) is 4.57 Å². The number of amides is 1. The van der Waals surface area contributed by atoms with E-state index < -0.39 is 17.8 Å². The van der Waals surface area contributed by atoms with Gasteiger partial charge in [0.05, 0.1) is 28.5 Å². The number of nitrogens with zero attached hydrogens (tertiary/aromatic N) is 9. The lowest BCUT2D eigenvalue weighted by molar-refractivity contribution is 0.0598. The summed E-state index contributed by atoms with van der Waals surface area (Å²) in [4.78, 5) is 24.0. The van der Waals surface area contributed by atoms with E-state index >= 15 is 0 Å². The largest absolute Gasteiger partial charge is 0.443 e. The van der Waals surface area contributed by atoms with Gasteiger partial charge in [0.25, 0.3) is 0 Å². The molecule has 0 fully saturated rings. The zero-order valence-corrected chi connectivity index (χ0v) is 23.6. The number of rotatable bonds is 5. The Morgan fingerprint density at radius 3 is 2.51 bits per heavy atom. The Hall–Kier alpha value is -5.15. The Balaban J connectivity index is 1.59. The molecule has 41 heavy (non-hydrogen) atoms. The van der Waals surface area contributed by atoms with Crippen molar-refractivity contribution in [2.24, 2.45) is 0 Å². The van der Waals surface area contributed by atoms with Crippen LogP contribution in [0, 0.1) is 25.2 Å². The summed E-state index contributed by atoms with van der Waals surface area (Å²) in [7, 11) is 0. The highest BCUT2D eigenvalue weighted by Gasteiger charge is 2.27. The van der Waals surface area contributed by atoms with Gasteiger partial charge in [0.15, 0.2) is 17.3 Å². The number of benzene rings is 1. The number of aliphatic hydroxyl groups excluding tert-OH is 1. The summed E-state index contributed by atoms with van der Waals surface area (Å²) >= 11 is 0. The lowest BCUT2D eigenvalue weighted by atomic mass is 10.1. The van der Waals surface area contributed by atoms with Crippen molar-refractivity contribution in [2.45, 2.75) is 53.2 Å². The fourth-order valence-electron chi connectivity index (χ4n) is 4.30. The third-order valence-corrected chi connectivity index (χ3v) is 6.17. The van der Waals surface area contributed by atoms with Crippen LogP contribution in [0.4, 0.5) is 16.3 Å². The number of fused-ring (bicyclic) bond motifs is 1. The number of anilines is 2. The van der Waals surface area contributed by atoms with Gasteiger partial charge in [-0.25, -0.2) is 24.3 Å². The number of imidazole rings is 1. The van der Waals surface area contributed by atoms with Crippen LogP contribution >= 0.6 is 0 Å². The molecule has 0 bridgehead atoms. The van der Waals surface area contributed by atoms with Crippen LogP contribution in [0.25, 0.3) is 22.7 Å². The number of aryl methyl sites for hydroxylation is 2. The number of aliphatic hydroxyl groups is 1. The molecule has 5 rings (SSSR count). The molecule has 12 heteroatoms. The molecule has 0 radical (unpaired) electrons. The quantitative estimate of drug-likeness (QED) is 0.318. The van der Waals surface area contributed by atoms with Gasteiger partial charge in [-0.15, -0.1) is 5.10 Å². The van der Waals surface area contributed by atoms with Crippen molar-refractivity contribution >= 4 is 28.6 Å². The summed E-state index contributed by atoms with van der Waals surface area (Å²) in [5.41, 5.74) is 3.34. The number of aromatic nitrogens is 7. The molecule has 0 aliphatic rings. The van der Waals surface area contributed by atoms with E-state index in [9.17, 15) is 15.2 Å². The Morgan fingerprint density at radius 1 is 1.10 bits per heavy atom. The van der Waals surface area contributed by atoms with Crippen molar-refractivity contribution in [3.63, 3.8) is 0 Å². The average Bonchev–Trinajstić information content (AvgIpc) is 3.51. The van der Waals surface area contributed by atoms with Gasteiger partial charge in [-0.1, -0.05) is 0 Å². The van der Waals surface area contributed by atoms with Crippen LogP contribution in [0.1, 0.15) is 56.4 Å². The van der Waals surface area contributed by atoms with Crippen LogP contribution < -0.4 is 4.90 Å². The Kier molecular flexibility index (Phi) is 6.98. The monoisotopic (exact) mass is 551 g/mol. The van der Waals surface area contributed by atoms with E-state index in [-0.39, 0.29) is 5.69 Å². The lowest BCUT2D eigenvalue weighted by Crippen LogP contribution is -2.34. The first-order chi connectivity index (χ1) is 19.4.